The van der Waals surface area contributed by atoms with Crippen molar-refractivity contribution in [3.8, 4) is 0 Å². The van der Waals surface area contributed by atoms with Crippen LogP contribution in [0.1, 0.15) is 42.5 Å². The molecule has 6 heteroatoms. The van der Waals surface area contributed by atoms with Gasteiger partial charge >= 0.3 is 0 Å². The van der Waals surface area contributed by atoms with Gasteiger partial charge in [0.05, 0.1) is 17.7 Å². The van der Waals surface area contributed by atoms with Crippen LogP contribution in [-0.4, -0.2) is 48.6 Å². The summed E-state index contributed by atoms with van der Waals surface area (Å²) in [6.07, 6.45) is 5.10. The van der Waals surface area contributed by atoms with Gasteiger partial charge in [-0.3, -0.25) is 9.59 Å². The van der Waals surface area contributed by atoms with E-state index in [0.717, 1.165) is 31.6 Å². The molecule has 1 N–H and O–H groups in total. The normalized spacial score (nSPS) is 29.8. The van der Waals surface area contributed by atoms with Gasteiger partial charge in [-0.2, -0.15) is 11.3 Å². The van der Waals surface area contributed by atoms with E-state index < -0.39 is 0 Å². The Morgan fingerprint density at radius 3 is 2.92 bits per heavy atom. The Morgan fingerprint density at radius 2 is 2.17 bits per heavy atom. The van der Waals surface area contributed by atoms with Crippen molar-refractivity contribution in [2.75, 3.05) is 19.7 Å². The first-order chi connectivity index (χ1) is 11.7. The summed E-state index contributed by atoms with van der Waals surface area (Å²) >= 11 is 1.54. The van der Waals surface area contributed by atoms with Gasteiger partial charge < -0.3 is 15.0 Å². The fraction of sp³-hybridized carbons (Fsp3) is 0.667. The minimum Gasteiger partial charge on any atom is -0.376 e. The number of nitrogens with zero attached hydrogens (tertiary/aromatic N) is 1. The number of rotatable bonds is 4. The van der Waals surface area contributed by atoms with E-state index >= 15 is 0 Å². The predicted molar refractivity (Wildman–Crippen MR) is 92.0 cm³/mol. The second-order valence-corrected chi connectivity index (χ2v) is 8.06. The molecule has 3 heterocycles. The molecule has 0 unspecified atom stereocenters. The number of carbonyl (C=O) groups excluding carboxylic acids is 2. The molecule has 1 saturated carbocycles. The molecule has 1 aliphatic carbocycles. The van der Waals surface area contributed by atoms with Crippen molar-refractivity contribution in [2.24, 2.45) is 11.8 Å². The van der Waals surface area contributed by atoms with E-state index in [9.17, 15) is 9.59 Å². The topological polar surface area (TPSA) is 58.6 Å². The predicted octanol–water partition coefficient (Wildman–Crippen LogP) is 2.28. The number of hydrogen-bond donors (Lipinski definition) is 1. The van der Waals surface area contributed by atoms with E-state index in [-0.39, 0.29) is 24.0 Å². The van der Waals surface area contributed by atoms with Crippen molar-refractivity contribution in [1.29, 1.82) is 0 Å². The highest BCUT2D eigenvalue weighted by Gasteiger charge is 2.41. The van der Waals surface area contributed by atoms with Gasteiger partial charge in [-0.25, -0.2) is 0 Å². The third-order valence-electron chi connectivity index (χ3n) is 5.34. The number of nitrogens with one attached hydrogen (secondary N) is 1. The molecule has 5 nitrogen and oxygen atoms in total. The van der Waals surface area contributed by atoms with Crippen LogP contribution in [0, 0.1) is 11.8 Å². The summed E-state index contributed by atoms with van der Waals surface area (Å²) in [7, 11) is 0. The molecule has 130 valence electrons. The van der Waals surface area contributed by atoms with Crippen LogP contribution in [0.3, 0.4) is 0 Å². The maximum Gasteiger partial charge on any atom is 0.254 e. The number of ether oxygens (including phenoxy) is 1. The van der Waals surface area contributed by atoms with Gasteiger partial charge in [-0.15, -0.1) is 0 Å². The largest absolute Gasteiger partial charge is 0.376 e. The van der Waals surface area contributed by atoms with E-state index in [4.69, 9.17) is 4.74 Å². The lowest BCUT2D eigenvalue weighted by molar-refractivity contribution is -0.127. The average Bonchev–Trinajstić information content (AvgIpc) is 3.23. The molecule has 1 aromatic rings. The molecule has 0 bridgehead atoms. The molecule has 2 amide bonds. The number of likely N-dealkylation sites (tertiary alicyclic amines) is 1. The third-order valence-corrected chi connectivity index (χ3v) is 6.02. The van der Waals surface area contributed by atoms with Crippen LogP contribution in [0.2, 0.25) is 0 Å². The van der Waals surface area contributed by atoms with E-state index in [1.54, 1.807) is 0 Å². The Labute approximate surface area is 146 Å². The highest BCUT2D eigenvalue weighted by atomic mass is 32.1. The summed E-state index contributed by atoms with van der Waals surface area (Å²) in [5.41, 5.74) is 0.748. The smallest absolute Gasteiger partial charge is 0.254 e. The molecule has 0 aromatic carbocycles. The Kier molecular flexibility index (Phi) is 4.59. The van der Waals surface area contributed by atoms with Gasteiger partial charge in [-0.05, 0) is 43.0 Å². The molecule has 3 atom stereocenters. The molecule has 3 aliphatic rings. The lowest BCUT2D eigenvalue weighted by Crippen LogP contribution is -2.62. The van der Waals surface area contributed by atoms with Crippen molar-refractivity contribution < 1.29 is 14.3 Å². The highest BCUT2D eigenvalue weighted by Crippen LogP contribution is 2.33. The standard InChI is InChI=1S/C18H24N2O3S/c21-16(8-12-3-4-12)19-15-10-20(18(22)14-5-7-24-11-14)9-13-2-1-6-23-17(13)15/h5,7,11-13,15,17H,1-4,6,8-10H2,(H,19,21)/t13-,15+,17-/m0/s1. The van der Waals surface area contributed by atoms with Gasteiger partial charge in [0, 0.05) is 37.4 Å². The number of thiophene rings is 1. The fourth-order valence-electron chi connectivity index (χ4n) is 3.92. The number of amides is 2. The SMILES string of the molecule is O=C(CC1CC1)N[C@@H]1CN(C(=O)c2ccsc2)C[C@@H]2CCCO[C@@H]21. The van der Waals surface area contributed by atoms with Crippen LogP contribution in [-0.2, 0) is 9.53 Å². The maximum atomic E-state index is 12.7. The minimum absolute atomic E-state index is 0.0495. The zero-order valence-electron chi connectivity index (χ0n) is 13.8. The fourth-order valence-corrected chi connectivity index (χ4v) is 4.55. The van der Waals surface area contributed by atoms with Gasteiger partial charge in [0.25, 0.3) is 5.91 Å². The van der Waals surface area contributed by atoms with E-state index in [1.165, 1.54) is 24.2 Å². The zero-order chi connectivity index (χ0) is 16.5. The summed E-state index contributed by atoms with van der Waals surface area (Å²) in [5.74, 6) is 1.07. The lowest BCUT2D eigenvalue weighted by Gasteiger charge is -2.46. The second kappa shape index (κ2) is 6.84. The number of hydrogen-bond acceptors (Lipinski definition) is 4. The van der Waals surface area contributed by atoms with Crippen molar-refractivity contribution >= 4 is 23.2 Å². The maximum absolute atomic E-state index is 12.7. The van der Waals surface area contributed by atoms with E-state index in [1.807, 2.05) is 21.7 Å². The van der Waals surface area contributed by atoms with Gasteiger partial charge in [-0.1, -0.05) is 0 Å². The average molecular weight is 348 g/mol. The molecule has 24 heavy (non-hydrogen) atoms. The lowest BCUT2D eigenvalue weighted by atomic mass is 9.85. The van der Waals surface area contributed by atoms with Crippen LogP contribution in [0.15, 0.2) is 16.8 Å². The second-order valence-electron chi connectivity index (χ2n) is 7.28. The van der Waals surface area contributed by atoms with Crippen molar-refractivity contribution in [1.82, 2.24) is 10.2 Å². The van der Waals surface area contributed by atoms with Gasteiger partial charge in [0.15, 0.2) is 0 Å². The zero-order valence-corrected chi connectivity index (χ0v) is 14.6. The monoisotopic (exact) mass is 348 g/mol. The Hall–Kier alpha value is -1.40. The van der Waals surface area contributed by atoms with Crippen LogP contribution < -0.4 is 5.32 Å². The van der Waals surface area contributed by atoms with Crippen molar-refractivity contribution in [3.05, 3.63) is 22.4 Å². The van der Waals surface area contributed by atoms with Gasteiger partial charge in [0.2, 0.25) is 5.91 Å². The quantitative estimate of drug-likeness (QED) is 0.908. The van der Waals surface area contributed by atoms with Crippen molar-refractivity contribution in [2.45, 2.75) is 44.2 Å². The van der Waals surface area contributed by atoms with Crippen LogP contribution in [0.5, 0.6) is 0 Å². The summed E-state index contributed by atoms with van der Waals surface area (Å²) in [6.45, 7) is 2.04. The van der Waals surface area contributed by atoms with Crippen LogP contribution in [0.25, 0.3) is 0 Å². The summed E-state index contributed by atoms with van der Waals surface area (Å²) in [5, 5.41) is 6.99. The Bertz CT molecular complexity index is 599. The molecular formula is C18H24N2O3S. The Morgan fingerprint density at radius 1 is 1.29 bits per heavy atom. The molecule has 2 saturated heterocycles. The summed E-state index contributed by atoms with van der Waals surface area (Å²) in [4.78, 5) is 26.9. The number of carbonyl (C=O) groups is 2. The number of piperidine rings is 1. The van der Waals surface area contributed by atoms with Crippen molar-refractivity contribution in [3.63, 3.8) is 0 Å². The molecule has 2 aliphatic heterocycles. The first-order valence-corrected chi connectivity index (χ1v) is 9.87. The molecule has 1 aromatic heterocycles. The number of fused-ring (bicyclic) bond motifs is 1. The molecule has 0 radical (unpaired) electrons. The molecule has 4 rings (SSSR count). The first kappa shape index (κ1) is 16.1. The van der Waals surface area contributed by atoms with E-state index in [2.05, 4.69) is 5.32 Å². The van der Waals surface area contributed by atoms with E-state index in [0.29, 0.717) is 24.8 Å². The summed E-state index contributed by atoms with van der Waals surface area (Å²) in [6, 6.07) is 1.79. The van der Waals surface area contributed by atoms with Gasteiger partial charge in [0.1, 0.15) is 0 Å². The molecule has 3 fully saturated rings. The highest BCUT2D eigenvalue weighted by molar-refractivity contribution is 7.08. The summed E-state index contributed by atoms with van der Waals surface area (Å²) < 4.78 is 5.98. The first-order valence-electron chi connectivity index (χ1n) is 8.93. The molecular weight excluding hydrogens is 324 g/mol. The van der Waals surface area contributed by atoms with Crippen LogP contribution >= 0.6 is 11.3 Å². The molecule has 0 spiro atoms. The van der Waals surface area contributed by atoms with Crippen LogP contribution in [0.4, 0.5) is 0 Å². The Balaban J connectivity index is 1.46. The third kappa shape index (κ3) is 3.49. The minimum atomic E-state index is -0.0853.